The molecule has 0 saturated carbocycles. The van der Waals surface area contributed by atoms with E-state index >= 15 is 0 Å². The van der Waals surface area contributed by atoms with Gasteiger partial charge in [-0.1, -0.05) is 256 Å². The zero-order chi connectivity index (χ0) is 89.7. The van der Waals surface area contributed by atoms with E-state index in [2.05, 4.69) is 336 Å². The highest BCUT2D eigenvalue weighted by Gasteiger charge is 2.04. The highest BCUT2D eigenvalue weighted by atomic mass is 15.1. The average Bonchev–Trinajstić information content (AvgIpc) is 1.04. The molecule has 0 saturated heterocycles. The molecule has 14 nitrogen and oxygen atoms in total. The van der Waals surface area contributed by atoms with Crippen molar-refractivity contribution in [3.63, 3.8) is 0 Å². The molecule has 0 amide bonds. The molecule has 0 aromatic rings. The van der Waals surface area contributed by atoms with E-state index < -0.39 is 0 Å². The third-order valence-corrected chi connectivity index (χ3v) is 17.4. The van der Waals surface area contributed by atoms with Crippen molar-refractivity contribution in [2.75, 3.05) is 284 Å². The third kappa shape index (κ3) is 209. The Labute approximate surface area is 720 Å². The second-order valence-electron chi connectivity index (χ2n) is 33.2. The van der Waals surface area contributed by atoms with E-state index in [0.717, 1.165) is 6.54 Å². The lowest BCUT2D eigenvalue weighted by atomic mass is 10.2. The summed E-state index contributed by atoms with van der Waals surface area (Å²) in [5, 5.41) is 0. The molecule has 0 aliphatic carbocycles. The summed E-state index contributed by atoms with van der Waals surface area (Å²) in [7, 11) is 39.7. The van der Waals surface area contributed by atoms with Crippen molar-refractivity contribution in [1.29, 1.82) is 0 Å². The van der Waals surface area contributed by atoms with Crippen molar-refractivity contribution in [2.45, 2.75) is 371 Å². The number of nitrogens with zero attached hydrogens (tertiary/aromatic N) is 14. The number of hydrogen-bond acceptors (Lipinski definition) is 14. The standard InChI is InChI=1S/C13H29N.C12H27N.C10H23N.2C9H21N.3C6H15N.4C5H13N.C4H11N.C3H9N/c1-4-6-8-10-12-14(3)13-11-9-7-5-2;1-4-7-10-13(11-8-5-2)12-9-6-3;1-4-7-9-11(6-3)10-8-5-2;1-4-6-8-10(3)9-7-5-2;1-4-7-10(8-5-2)9-6-3;2*1-4-5-6-7(2)3;1-4-7(5-2)6-3;4*1-4-5-6(2)3;1-4-5(2)3;1-4(2)3/h4-13H2,1-3H3;4-12H2,1-3H3;4-10H2,1-3H3;2*4-9H2,1-3H3;3*4-6H2,1-3H3;4*4-5H2,1-3H3;4H2,1-3H3;1-3H3. The Morgan fingerprint density at radius 1 is 0.116 bits per heavy atom. The van der Waals surface area contributed by atoms with Gasteiger partial charge in [-0.15, -0.1) is 0 Å². The highest BCUT2D eigenvalue weighted by Crippen LogP contribution is 2.05. The Kier molecular flexibility index (Phi) is 178. The zero-order valence-corrected chi connectivity index (χ0v) is 87.9. The first kappa shape index (κ1) is 143. The van der Waals surface area contributed by atoms with Gasteiger partial charge in [-0.3, -0.25) is 0 Å². The Morgan fingerprint density at radius 3 is 0.411 bits per heavy atom. The molecule has 0 N–H and O–H groups in total. The second-order valence-corrected chi connectivity index (χ2v) is 33.2. The van der Waals surface area contributed by atoms with E-state index in [9.17, 15) is 0 Å². The van der Waals surface area contributed by atoms with Crippen LogP contribution in [0.2, 0.25) is 0 Å². The summed E-state index contributed by atoms with van der Waals surface area (Å²) in [6.45, 7) is 80.0. The van der Waals surface area contributed by atoms with Gasteiger partial charge in [0, 0.05) is 0 Å². The summed E-state index contributed by atoms with van der Waals surface area (Å²) < 4.78 is 0. The first-order valence-electron chi connectivity index (χ1n) is 48.5. The molecule has 0 aliphatic rings. The molecule has 0 heterocycles. The number of rotatable bonds is 56. The molecule has 0 aromatic carbocycles. The lowest BCUT2D eigenvalue weighted by Crippen LogP contribution is -2.27. The van der Waals surface area contributed by atoms with Crippen LogP contribution in [-0.4, -0.2) is 353 Å². The van der Waals surface area contributed by atoms with Gasteiger partial charge in [0.15, 0.2) is 0 Å². The van der Waals surface area contributed by atoms with Gasteiger partial charge in [0.1, 0.15) is 0 Å². The van der Waals surface area contributed by atoms with Crippen LogP contribution in [0.15, 0.2) is 0 Å². The normalized spacial score (nSPS) is 10.5. The maximum absolute atomic E-state index is 2.64. The van der Waals surface area contributed by atoms with Crippen molar-refractivity contribution in [1.82, 2.24) is 68.6 Å². The average molecular weight is 1610 g/mol. The van der Waals surface area contributed by atoms with Crippen molar-refractivity contribution in [3.05, 3.63) is 0 Å². The zero-order valence-electron chi connectivity index (χ0n) is 87.9. The SMILES string of the molecule is CCCCCCN(C)CCCCCC.CCCCN(C)C.CCCCN(C)C.CCCCN(C)CCCC.CCCCN(CC)CCCC.CCCCN(CCCC)CCCC.CCCN(C)C.CCCN(C)C.CCCN(C)C.CCCN(C)C.CCCN(CCC)CCC.CCN(C)C.CCN(CC)CC.CN(C)C. The molecule has 0 radical (unpaired) electrons. The molecular formula is C98H238N14. The van der Waals surface area contributed by atoms with Gasteiger partial charge in [0.2, 0.25) is 0 Å². The van der Waals surface area contributed by atoms with E-state index in [1.807, 2.05) is 26.0 Å². The monoisotopic (exact) mass is 1610 g/mol. The van der Waals surface area contributed by atoms with Crippen LogP contribution in [0.5, 0.6) is 0 Å². The molecule has 0 aliphatic heterocycles. The molecule has 112 heavy (non-hydrogen) atoms. The molecule has 0 spiro atoms. The summed E-state index contributed by atoms with van der Waals surface area (Å²) in [5.41, 5.74) is 0. The molecule has 0 rings (SSSR count). The van der Waals surface area contributed by atoms with Gasteiger partial charge in [-0.2, -0.15) is 0 Å². The highest BCUT2D eigenvalue weighted by molar-refractivity contribution is 4.59. The van der Waals surface area contributed by atoms with E-state index in [-0.39, 0.29) is 0 Å². The maximum Gasteiger partial charge on any atom is -0.00188 e. The molecular weight excluding hydrogens is 1370 g/mol. The van der Waals surface area contributed by atoms with Crippen molar-refractivity contribution < 1.29 is 0 Å². The molecule has 0 atom stereocenters. The van der Waals surface area contributed by atoms with Crippen LogP contribution in [0, 0.1) is 0 Å². The molecule has 14 heteroatoms. The molecule has 700 valence electrons. The van der Waals surface area contributed by atoms with Gasteiger partial charge < -0.3 is 68.6 Å². The van der Waals surface area contributed by atoms with Gasteiger partial charge >= 0.3 is 0 Å². The molecule has 0 unspecified atom stereocenters. The van der Waals surface area contributed by atoms with E-state index in [1.165, 1.54) is 356 Å². The number of hydrogen-bond donors (Lipinski definition) is 0. The van der Waals surface area contributed by atoms with Gasteiger partial charge in [0.25, 0.3) is 0 Å². The fraction of sp³-hybridized carbons (Fsp3) is 1.00. The molecule has 0 aromatic heterocycles. The van der Waals surface area contributed by atoms with Gasteiger partial charge in [-0.05, 0) is 400 Å². The smallest absolute Gasteiger partial charge is 0.00188 e. The first-order chi connectivity index (χ1) is 53.1. The quantitative estimate of drug-likeness (QED) is 0.0543. The molecule has 0 bridgehead atoms. The summed E-state index contributed by atoms with van der Waals surface area (Å²) in [5.74, 6) is 0. The van der Waals surface area contributed by atoms with Crippen LogP contribution in [-0.2, 0) is 0 Å². The lowest BCUT2D eigenvalue weighted by molar-refractivity contribution is 0.261. The minimum Gasteiger partial charge on any atom is -0.312 e. The third-order valence-electron chi connectivity index (χ3n) is 17.4. The minimum absolute atomic E-state index is 1.14. The summed E-state index contributed by atoms with van der Waals surface area (Å²) >= 11 is 0. The van der Waals surface area contributed by atoms with Crippen molar-refractivity contribution >= 4 is 0 Å². The number of unbranched alkanes of at least 4 members (excludes halogenated alkanes) is 15. The first-order valence-corrected chi connectivity index (χ1v) is 48.5. The fourth-order valence-corrected chi connectivity index (χ4v) is 10.1. The Balaban J connectivity index is -0.0000000780. The van der Waals surface area contributed by atoms with Crippen LogP contribution < -0.4 is 0 Å². The van der Waals surface area contributed by atoms with Gasteiger partial charge in [0.05, 0.1) is 0 Å². The van der Waals surface area contributed by atoms with E-state index in [4.69, 9.17) is 0 Å². The second kappa shape index (κ2) is 139. The largest absolute Gasteiger partial charge is 0.312 e. The Hall–Kier alpha value is -0.560. The Morgan fingerprint density at radius 2 is 0.277 bits per heavy atom. The van der Waals surface area contributed by atoms with Crippen molar-refractivity contribution in [3.8, 4) is 0 Å². The minimum atomic E-state index is 1.14. The van der Waals surface area contributed by atoms with E-state index in [0.29, 0.717) is 0 Å². The van der Waals surface area contributed by atoms with Crippen LogP contribution in [0.1, 0.15) is 371 Å². The Bertz CT molecular complexity index is 1220. The van der Waals surface area contributed by atoms with Crippen LogP contribution in [0.25, 0.3) is 0 Å². The van der Waals surface area contributed by atoms with Crippen LogP contribution in [0.4, 0.5) is 0 Å². The van der Waals surface area contributed by atoms with Crippen LogP contribution >= 0.6 is 0 Å². The van der Waals surface area contributed by atoms with E-state index in [1.54, 1.807) is 0 Å². The predicted molar refractivity (Wildman–Crippen MR) is 533 cm³/mol. The fourth-order valence-electron chi connectivity index (χ4n) is 10.1. The molecule has 0 fully saturated rings. The predicted octanol–water partition coefficient (Wildman–Crippen LogP) is 24.3. The summed E-state index contributed by atoms with van der Waals surface area (Å²) in [6, 6.07) is 0. The van der Waals surface area contributed by atoms with Gasteiger partial charge in [-0.25, -0.2) is 0 Å². The lowest BCUT2D eigenvalue weighted by Gasteiger charge is -2.21. The maximum atomic E-state index is 2.64. The van der Waals surface area contributed by atoms with Crippen molar-refractivity contribution in [2.24, 2.45) is 0 Å². The summed E-state index contributed by atoms with van der Waals surface area (Å²) in [6.07, 6.45) is 44.0. The topological polar surface area (TPSA) is 45.4 Å². The summed E-state index contributed by atoms with van der Waals surface area (Å²) in [4.78, 5) is 32.3. The van der Waals surface area contributed by atoms with Crippen LogP contribution in [0.3, 0.4) is 0 Å².